The van der Waals surface area contributed by atoms with Crippen molar-refractivity contribution in [1.29, 1.82) is 0 Å². The number of rotatable bonds is 5. The second-order valence-corrected chi connectivity index (χ2v) is 9.34. The highest BCUT2D eigenvalue weighted by Gasteiger charge is 2.24. The van der Waals surface area contributed by atoms with Crippen LogP contribution in [0.1, 0.15) is 20.8 Å². The second-order valence-electron chi connectivity index (χ2n) is 5.92. The summed E-state index contributed by atoms with van der Waals surface area (Å²) in [6, 6.07) is 12.1. The van der Waals surface area contributed by atoms with E-state index in [0.29, 0.717) is 16.0 Å². The molecule has 0 atom stereocenters. The first-order valence-corrected chi connectivity index (χ1v) is 10.6. The van der Waals surface area contributed by atoms with Crippen molar-refractivity contribution in [3.63, 3.8) is 0 Å². The maximum Gasteiger partial charge on any atom is 0.346 e. The lowest BCUT2D eigenvalue weighted by atomic mass is 10.1. The van der Waals surface area contributed by atoms with Crippen LogP contribution in [0.5, 0.6) is 0 Å². The summed E-state index contributed by atoms with van der Waals surface area (Å²) in [5.74, 6) is -2.24. The fraction of sp³-hybridized carbons (Fsp3) is 0.105. The summed E-state index contributed by atoms with van der Waals surface area (Å²) in [7, 11) is -3.73. The van der Waals surface area contributed by atoms with Gasteiger partial charge >= 0.3 is 5.97 Å². The third kappa shape index (κ3) is 4.05. The number of thiophene rings is 1. The van der Waals surface area contributed by atoms with Crippen molar-refractivity contribution in [3.05, 3.63) is 75.4 Å². The summed E-state index contributed by atoms with van der Waals surface area (Å²) in [5.41, 5.74) is 1.30. The summed E-state index contributed by atoms with van der Waals surface area (Å²) < 4.78 is 38.9. The van der Waals surface area contributed by atoms with Crippen LogP contribution in [0.15, 0.2) is 53.4 Å². The Kier molecular flexibility index (Phi) is 5.37. The molecule has 0 unspecified atom stereocenters. The SMILES string of the molecule is Cc1ccccc1S(=O)(=O)Cc1cc(-c2ccc(F)c(Cl)c2)sc1C(=O)O. The van der Waals surface area contributed by atoms with Gasteiger partial charge in [-0.25, -0.2) is 17.6 Å². The lowest BCUT2D eigenvalue weighted by Crippen LogP contribution is -2.08. The molecule has 2 aromatic carbocycles. The van der Waals surface area contributed by atoms with Crippen molar-refractivity contribution in [3.8, 4) is 10.4 Å². The number of sulfone groups is 1. The molecule has 0 saturated heterocycles. The Balaban J connectivity index is 2.05. The number of carboxylic acid groups (broad SMARTS) is 1. The van der Waals surface area contributed by atoms with Crippen LogP contribution in [0.3, 0.4) is 0 Å². The quantitative estimate of drug-likeness (QED) is 0.612. The van der Waals surface area contributed by atoms with Gasteiger partial charge in [0, 0.05) is 4.88 Å². The van der Waals surface area contributed by atoms with Gasteiger partial charge in [0.2, 0.25) is 0 Å². The molecule has 1 heterocycles. The highest BCUT2D eigenvalue weighted by Crippen LogP contribution is 2.35. The Hall–Kier alpha value is -2.22. The molecule has 0 saturated carbocycles. The molecule has 0 radical (unpaired) electrons. The Bertz CT molecular complexity index is 1140. The first kappa shape index (κ1) is 19.5. The van der Waals surface area contributed by atoms with Crippen molar-refractivity contribution >= 4 is 38.7 Å². The minimum Gasteiger partial charge on any atom is -0.477 e. The number of carboxylic acids is 1. The summed E-state index contributed by atoms with van der Waals surface area (Å²) in [6.45, 7) is 1.69. The average Bonchev–Trinajstić information content (AvgIpc) is 3.01. The van der Waals surface area contributed by atoms with Crippen LogP contribution in [0.4, 0.5) is 4.39 Å². The predicted molar refractivity (Wildman–Crippen MR) is 104 cm³/mol. The van der Waals surface area contributed by atoms with Gasteiger partial charge < -0.3 is 5.11 Å². The molecule has 0 aliphatic rings. The smallest absolute Gasteiger partial charge is 0.346 e. The van der Waals surface area contributed by atoms with E-state index < -0.39 is 27.4 Å². The van der Waals surface area contributed by atoms with E-state index in [9.17, 15) is 22.7 Å². The molecule has 0 spiro atoms. The number of halogens is 2. The lowest BCUT2D eigenvalue weighted by molar-refractivity contribution is 0.0701. The van der Waals surface area contributed by atoms with Gasteiger partial charge in [-0.05, 0) is 47.9 Å². The van der Waals surface area contributed by atoms with Gasteiger partial charge in [0.1, 0.15) is 10.7 Å². The van der Waals surface area contributed by atoms with Gasteiger partial charge in [-0.1, -0.05) is 35.9 Å². The molecule has 140 valence electrons. The fourth-order valence-corrected chi connectivity index (χ4v) is 5.62. The summed E-state index contributed by atoms with van der Waals surface area (Å²) >= 11 is 6.72. The number of hydrogen-bond acceptors (Lipinski definition) is 4. The van der Waals surface area contributed by atoms with Crippen molar-refractivity contribution in [2.75, 3.05) is 0 Å². The Morgan fingerprint density at radius 3 is 2.52 bits per heavy atom. The Labute approximate surface area is 164 Å². The van der Waals surface area contributed by atoms with E-state index >= 15 is 0 Å². The number of carbonyl (C=O) groups is 1. The summed E-state index contributed by atoms with van der Waals surface area (Å²) in [6.07, 6.45) is 0. The van der Waals surface area contributed by atoms with Gasteiger partial charge in [0.15, 0.2) is 9.84 Å². The topological polar surface area (TPSA) is 71.4 Å². The highest BCUT2D eigenvalue weighted by molar-refractivity contribution is 7.90. The number of hydrogen-bond donors (Lipinski definition) is 1. The molecule has 4 nitrogen and oxygen atoms in total. The van der Waals surface area contributed by atoms with Gasteiger partial charge in [0.25, 0.3) is 0 Å². The van der Waals surface area contributed by atoms with Crippen LogP contribution in [-0.4, -0.2) is 19.5 Å². The molecule has 3 aromatic rings. The van der Waals surface area contributed by atoms with Gasteiger partial charge in [0.05, 0.1) is 15.7 Å². The third-order valence-corrected chi connectivity index (χ3v) is 7.30. The lowest BCUT2D eigenvalue weighted by Gasteiger charge is -2.07. The van der Waals surface area contributed by atoms with E-state index in [1.54, 1.807) is 25.1 Å². The zero-order valence-electron chi connectivity index (χ0n) is 14.1. The standard InChI is InChI=1S/C19H14ClFO4S2/c1-11-4-2-3-5-17(11)27(24,25)10-13-9-16(26-18(13)19(22)23)12-6-7-15(21)14(20)8-12/h2-9H,10H2,1H3,(H,22,23). The maximum atomic E-state index is 13.4. The normalized spacial score (nSPS) is 11.5. The Morgan fingerprint density at radius 1 is 1.19 bits per heavy atom. The minimum absolute atomic E-state index is 0.0670. The molecule has 3 rings (SSSR count). The zero-order chi connectivity index (χ0) is 19.8. The summed E-state index contributed by atoms with van der Waals surface area (Å²) in [4.78, 5) is 12.2. The predicted octanol–water partition coefficient (Wildman–Crippen LogP) is 5.19. The molecule has 1 N–H and O–H groups in total. The van der Waals surface area contributed by atoms with Crippen molar-refractivity contribution in [1.82, 2.24) is 0 Å². The van der Waals surface area contributed by atoms with Crippen LogP contribution in [-0.2, 0) is 15.6 Å². The summed E-state index contributed by atoms with van der Waals surface area (Å²) in [5, 5.41) is 9.39. The molecular formula is C19H14ClFO4S2. The molecule has 0 aliphatic carbocycles. The maximum absolute atomic E-state index is 13.4. The molecule has 0 bridgehead atoms. The van der Waals surface area contributed by atoms with Gasteiger partial charge in [-0.2, -0.15) is 0 Å². The highest BCUT2D eigenvalue weighted by atomic mass is 35.5. The van der Waals surface area contributed by atoms with Crippen LogP contribution in [0, 0.1) is 12.7 Å². The van der Waals surface area contributed by atoms with Crippen molar-refractivity contribution < 1.29 is 22.7 Å². The van der Waals surface area contributed by atoms with Crippen molar-refractivity contribution in [2.45, 2.75) is 17.6 Å². The second kappa shape index (κ2) is 7.42. The van der Waals surface area contributed by atoms with E-state index in [0.717, 1.165) is 11.3 Å². The average molecular weight is 425 g/mol. The first-order chi connectivity index (χ1) is 12.7. The molecule has 1 aromatic heterocycles. The third-order valence-electron chi connectivity index (χ3n) is 3.98. The van der Waals surface area contributed by atoms with Crippen LogP contribution >= 0.6 is 22.9 Å². The van der Waals surface area contributed by atoms with Crippen molar-refractivity contribution in [2.24, 2.45) is 0 Å². The molecule has 27 heavy (non-hydrogen) atoms. The van der Waals surface area contributed by atoms with E-state index in [2.05, 4.69) is 0 Å². The number of aromatic carboxylic acids is 1. The monoisotopic (exact) mass is 424 g/mol. The van der Waals surface area contributed by atoms with Gasteiger partial charge in [-0.15, -0.1) is 11.3 Å². The first-order valence-electron chi connectivity index (χ1n) is 7.79. The van der Waals surface area contributed by atoms with E-state index in [1.165, 1.54) is 30.3 Å². The van der Waals surface area contributed by atoms with E-state index in [4.69, 9.17) is 11.6 Å². The van der Waals surface area contributed by atoms with Crippen LogP contribution in [0.2, 0.25) is 5.02 Å². The molecular weight excluding hydrogens is 411 g/mol. The van der Waals surface area contributed by atoms with E-state index in [1.807, 2.05) is 0 Å². The number of aryl methyl sites for hydroxylation is 1. The molecule has 8 heteroatoms. The zero-order valence-corrected chi connectivity index (χ0v) is 16.5. The number of benzene rings is 2. The van der Waals surface area contributed by atoms with Crippen LogP contribution in [0.25, 0.3) is 10.4 Å². The fourth-order valence-electron chi connectivity index (χ4n) is 2.70. The minimum atomic E-state index is -3.73. The molecule has 0 amide bonds. The van der Waals surface area contributed by atoms with Gasteiger partial charge in [-0.3, -0.25) is 0 Å². The molecule has 0 fully saturated rings. The van der Waals surface area contributed by atoms with Crippen LogP contribution < -0.4 is 0 Å². The van der Waals surface area contributed by atoms with E-state index in [-0.39, 0.29) is 20.4 Å². The largest absolute Gasteiger partial charge is 0.477 e. The molecule has 0 aliphatic heterocycles. The Morgan fingerprint density at radius 2 is 1.89 bits per heavy atom.